The molecule has 34 heavy (non-hydrogen) atoms. The molecule has 0 radical (unpaired) electrons. The first-order valence-corrected chi connectivity index (χ1v) is 10.00. The number of hydrogen-bond acceptors (Lipinski definition) is 7. The standard InChI is InChI=1S/C22H16F3N7O2/c1-34-16-5-3-15(4-6-16)32-19-14(9-26-21(29-19)27-11-22(23,24)25)8-17(20(32)33)13-2-7-18-30-28-12-31(18)10-13/h2-10,12H,11H2,1H3,(H,26,27,29). The normalized spacial score (nSPS) is 11.8. The zero-order valence-corrected chi connectivity index (χ0v) is 17.6. The van der Waals surface area contributed by atoms with Crippen molar-refractivity contribution in [2.24, 2.45) is 0 Å². The largest absolute Gasteiger partial charge is 0.497 e. The maximum absolute atomic E-state index is 13.7. The highest BCUT2D eigenvalue weighted by molar-refractivity contribution is 5.83. The van der Waals surface area contributed by atoms with Crippen LogP contribution >= 0.6 is 0 Å². The highest BCUT2D eigenvalue weighted by Gasteiger charge is 2.27. The van der Waals surface area contributed by atoms with E-state index in [9.17, 15) is 18.0 Å². The van der Waals surface area contributed by atoms with E-state index in [1.54, 1.807) is 53.1 Å². The van der Waals surface area contributed by atoms with E-state index in [1.165, 1.54) is 24.2 Å². The second-order valence-corrected chi connectivity index (χ2v) is 7.35. The maximum atomic E-state index is 13.7. The Morgan fingerprint density at radius 1 is 1.12 bits per heavy atom. The molecule has 0 unspecified atom stereocenters. The van der Waals surface area contributed by atoms with E-state index in [0.717, 1.165) is 0 Å². The number of fused-ring (bicyclic) bond motifs is 2. The Morgan fingerprint density at radius 2 is 1.91 bits per heavy atom. The smallest absolute Gasteiger partial charge is 0.405 e. The number of anilines is 1. The summed E-state index contributed by atoms with van der Waals surface area (Å²) >= 11 is 0. The highest BCUT2D eigenvalue weighted by Crippen LogP contribution is 2.25. The van der Waals surface area contributed by atoms with E-state index in [-0.39, 0.29) is 11.6 Å². The van der Waals surface area contributed by atoms with Crippen LogP contribution in [0.15, 0.2) is 66.0 Å². The number of nitrogens with zero attached hydrogens (tertiary/aromatic N) is 6. The van der Waals surface area contributed by atoms with Crippen molar-refractivity contribution < 1.29 is 17.9 Å². The summed E-state index contributed by atoms with van der Waals surface area (Å²) in [4.78, 5) is 21.9. The summed E-state index contributed by atoms with van der Waals surface area (Å²) in [5, 5.41) is 10.4. The van der Waals surface area contributed by atoms with Crippen molar-refractivity contribution in [2.45, 2.75) is 6.18 Å². The minimum atomic E-state index is -4.45. The van der Waals surface area contributed by atoms with Gasteiger partial charge >= 0.3 is 6.18 Å². The van der Waals surface area contributed by atoms with Crippen LogP contribution in [-0.4, -0.2) is 49.0 Å². The molecule has 0 fully saturated rings. The fourth-order valence-corrected chi connectivity index (χ4v) is 3.53. The third-order valence-electron chi connectivity index (χ3n) is 5.12. The molecule has 9 nitrogen and oxygen atoms in total. The molecule has 0 amide bonds. The number of ether oxygens (including phenoxy) is 1. The molecule has 0 aliphatic rings. The van der Waals surface area contributed by atoms with Gasteiger partial charge in [0.25, 0.3) is 5.56 Å². The Hall–Kier alpha value is -4.48. The Morgan fingerprint density at radius 3 is 2.65 bits per heavy atom. The zero-order valence-electron chi connectivity index (χ0n) is 17.6. The summed E-state index contributed by atoms with van der Waals surface area (Å²) in [5.74, 6) is 0.336. The van der Waals surface area contributed by atoms with E-state index in [0.29, 0.717) is 33.6 Å². The number of hydrogen-bond donors (Lipinski definition) is 1. The third-order valence-corrected chi connectivity index (χ3v) is 5.12. The topological polar surface area (TPSA) is 99.2 Å². The van der Waals surface area contributed by atoms with Crippen LogP contribution in [0, 0.1) is 0 Å². The van der Waals surface area contributed by atoms with Crippen LogP contribution in [0.3, 0.4) is 0 Å². The Labute approximate surface area is 189 Å². The quantitative estimate of drug-likeness (QED) is 0.423. The van der Waals surface area contributed by atoms with E-state index < -0.39 is 18.3 Å². The molecule has 4 aromatic heterocycles. The van der Waals surface area contributed by atoms with Gasteiger partial charge in [-0.3, -0.25) is 13.8 Å². The zero-order chi connectivity index (χ0) is 23.9. The van der Waals surface area contributed by atoms with Gasteiger partial charge in [-0.25, -0.2) is 4.98 Å². The fourth-order valence-electron chi connectivity index (χ4n) is 3.53. The van der Waals surface area contributed by atoms with Crippen LogP contribution in [0.25, 0.3) is 33.5 Å². The monoisotopic (exact) mass is 467 g/mol. The third kappa shape index (κ3) is 4.00. The minimum Gasteiger partial charge on any atom is -0.497 e. The number of pyridine rings is 2. The number of aromatic nitrogens is 6. The second-order valence-electron chi connectivity index (χ2n) is 7.35. The van der Waals surface area contributed by atoms with E-state index in [4.69, 9.17) is 4.74 Å². The summed E-state index contributed by atoms with van der Waals surface area (Å²) < 4.78 is 46.2. The first-order valence-electron chi connectivity index (χ1n) is 10.00. The summed E-state index contributed by atoms with van der Waals surface area (Å²) in [6.45, 7) is -1.30. The number of halogens is 3. The number of rotatable bonds is 5. The van der Waals surface area contributed by atoms with E-state index in [2.05, 4.69) is 25.5 Å². The molecule has 1 N–H and O–H groups in total. The molecular formula is C22H16F3N7O2. The Kier molecular flexibility index (Phi) is 5.11. The van der Waals surface area contributed by atoms with Gasteiger partial charge in [0.1, 0.15) is 18.6 Å². The Balaban J connectivity index is 1.72. The van der Waals surface area contributed by atoms with Gasteiger partial charge in [-0.15, -0.1) is 10.2 Å². The first kappa shape index (κ1) is 21.4. The molecule has 0 bridgehead atoms. The lowest BCUT2D eigenvalue weighted by Gasteiger charge is -2.14. The lowest BCUT2D eigenvalue weighted by molar-refractivity contribution is -0.115. The number of methoxy groups -OCH3 is 1. The van der Waals surface area contributed by atoms with Crippen molar-refractivity contribution in [3.05, 3.63) is 71.5 Å². The van der Waals surface area contributed by atoms with Gasteiger partial charge in [0, 0.05) is 28.9 Å². The molecule has 0 aliphatic heterocycles. The second kappa shape index (κ2) is 8.14. The molecule has 0 atom stereocenters. The number of nitrogens with one attached hydrogen (secondary N) is 1. The first-order chi connectivity index (χ1) is 16.3. The van der Waals surface area contributed by atoms with Gasteiger partial charge in [-0.1, -0.05) is 0 Å². The van der Waals surface area contributed by atoms with Crippen molar-refractivity contribution in [1.82, 2.24) is 29.1 Å². The summed E-state index contributed by atoms with van der Waals surface area (Å²) in [7, 11) is 1.52. The molecule has 0 saturated carbocycles. The molecular weight excluding hydrogens is 451 g/mol. The van der Waals surface area contributed by atoms with Gasteiger partial charge < -0.3 is 10.1 Å². The molecule has 4 heterocycles. The van der Waals surface area contributed by atoms with Crippen LogP contribution < -0.4 is 15.6 Å². The number of alkyl halides is 3. The van der Waals surface area contributed by atoms with E-state index >= 15 is 0 Å². The molecule has 172 valence electrons. The van der Waals surface area contributed by atoms with Gasteiger partial charge in [-0.05, 0) is 42.5 Å². The number of benzene rings is 1. The van der Waals surface area contributed by atoms with Crippen molar-refractivity contribution in [3.63, 3.8) is 0 Å². The molecule has 12 heteroatoms. The Bertz CT molecular complexity index is 1560. The SMILES string of the molecule is COc1ccc(-n2c(=O)c(-c3ccc4nncn4c3)cc3cnc(NCC(F)(F)F)nc32)cc1. The van der Waals surface area contributed by atoms with Crippen LogP contribution in [0.2, 0.25) is 0 Å². The summed E-state index contributed by atoms with van der Waals surface area (Å²) in [6, 6.07) is 11.8. The van der Waals surface area contributed by atoms with Crippen LogP contribution in [0.1, 0.15) is 0 Å². The molecule has 0 saturated heterocycles. The minimum absolute atomic E-state index is 0.156. The van der Waals surface area contributed by atoms with Crippen molar-refractivity contribution >= 4 is 22.6 Å². The summed E-state index contributed by atoms with van der Waals surface area (Å²) in [6.07, 6.45) is 0.167. The van der Waals surface area contributed by atoms with Crippen molar-refractivity contribution in [2.75, 3.05) is 19.0 Å². The molecule has 0 aliphatic carbocycles. The van der Waals surface area contributed by atoms with Gasteiger partial charge in [0.15, 0.2) is 11.3 Å². The molecule has 5 rings (SSSR count). The molecule has 5 aromatic rings. The lowest BCUT2D eigenvalue weighted by atomic mass is 10.1. The summed E-state index contributed by atoms with van der Waals surface area (Å²) in [5.41, 5.74) is 1.76. The average molecular weight is 467 g/mol. The average Bonchev–Trinajstić information content (AvgIpc) is 3.30. The van der Waals surface area contributed by atoms with E-state index in [1.807, 2.05) is 0 Å². The highest BCUT2D eigenvalue weighted by atomic mass is 19.4. The van der Waals surface area contributed by atoms with Crippen LogP contribution in [0.4, 0.5) is 19.1 Å². The predicted molar refractivity (Wildman–Crippen MR) is 118 cm³/mol. The molecule has 1 aromatic carbocycles. The van der Waals surface area contributed by atoms with Crippen LogP contribution in [0.5, 0.6) is 5.75 Å². The van der Waals surface area contributed by atoms with Gasteiger partial charge in [-0.2, -0.15) is 18.2 Å². The van der Waals surface area contributed by atoms with Crippen LogP contribution in [-0.2, 0) is 0 Å². The molecule has 0 spiro atoms. The predicted octanol–water partition coefficient (Wildman–Crippen LogP) is 3.47. The van der Waals surface area contributed by atoms with Crippen molar-refractivity contribution in [1.29, 1.82) is 0 Å². The fraction of sp³-hybridized carbons (Fsp3) is 0.136. The maximum Gasteiger partial charge on any atom is 0.405 e. The lowest BCUT2D eigenvalue weighted by Crippen LogP contribution is -2.24. The van der Waals surface area contributed by atoms with Crippen molar-refractivity contribution in [3.8, 4) is 22.6 Å². The van der Waals surface area contributed by atoms with Gasteiger partial charge in [0.05, 0.1) is 12.8 Å². The van der Waals surface area contributed by atoms with Gasteiger partial charge in [0.2, 0.25) is 5.95 Å².